The number of quaternary nitrogens is 1. The van der Waals surface area contributed by atoms with Gasteiger partial charge >= 0.3 is 0 Å². The Morgan fingerprint density at radius 1 is 1.17 bits per heavy atom. The molecule has 0 radical (unpaired) electrons. The molecule has 4 nitrogen and oxygen atoms in total. The largest absolute Gasteiger partial charge is 0.497 e. The summed E-state index contributed by atoms with van der Waals surface area (Å²) >= 11 is 0. The number of ether oxygens (including phenoxy) is 1. The molecular formula is C30H33F2N2O2+. The van der Waals surface area contributed by atoms with E-state index in [0.717, 1.165) is 36.0 Å². The predicted molar refractivity (Wildman–Crippen MR) is 136 cm³/mol. The predicted octanol–water partition coefficient (Wildman–Crippen LogP) is 5.70. The molecule has 1 N–H and O–H groups in total. The zero-order valence-electron chi connectivity index (χ0n) is 21.3. The topological polar surface area (TPSA) is 42.4 Å². The van der Waals surface area contributed by atoms with E-state index in [1.165, 1.54) is 0 Å². The molecule has 4 fully saturated rings. The van der Waals surface area contributed by atoms with Gasteiger partial charge in [0.15, 0.2) is 0 Å². The van der Waals surface area contributed by atoms with Crippen LogP contribution in [0, 0.1) is 49.7 Å². The van der Waals surface area contributed by atoms with E-state index in [2.05, 4.69) is 11.6 Å². The third-order valence-electron chi connectivity index (χ3n) is 9.95. The summed E-state index contributed by atoms with van der Waals surface area (Å²) in [5.41, 5.74) is 3.14. The lowest BCUT2D eigenvalue weighted by Crippen LogP contribution is -2.61. The Morgan fingerprint density at radius 2 is 1.89 bits per heavy atom. The summed E-state index contributed by atoms with van der Waals surface area (Å²) in [5, 5.41) is 12.9. The van der Waals surface area contributed by atoms with Gasteiger partial charge in [0.2, 0.25) is 0 Å². The van der Waals surface area contributed by atoms with Crippen molar-refractivity contribution in [1.82, 2.24) is 4.98 Å². The van der Waals surface area contributed by atoms with Crippen molar-refractivity contribution in [3.63, 3.8) is 0 Å². The van der Waals surface area contributed by atoms with Crippen molar-refractivity contribution in [2.75, 3.05) is 20.2 Å². The van der Waals surface area contributed by atoms with Gasteiger partial charge in [0.05, 0.1) is 36.7 Å². The van der Waals surface area contributed by atoms with Crippen LogP contribution in [-0.2, 0) is 6.54 Å². The second kappa shape index (κ2) is 7.83. The second-order valence-corrected chi connectivity index (χ2v) is 11.1. The van der Waals surface area contributed by atoms with Crippen LogP contribution in [0.25, 0.3) is 10.9 Å². The van der Waals surface area contributed by atoms with Gasteiger partial charge in [0, 0.05) is 23.9 Å². The Labute approximate surface area is 210 Å². The molecule has 1 aromatic heterocycles. The molecule has 2 aromatic carbocycles. The number of rotatable bonds is 6. The SMILES string of the molecule is C=CC12C3CC[N+](Cc4c(F)c(C)c(C)c(C)c4F)(CC31)[C@@H]2[C@H](O)c1ccnc2ccc(OC)cc12. The quantitative estimate of drug-likeness (QED) is 0.355. The maximum Gasteiger partial charge on any atom is 0.138 e. The standard InChI is InChI=1S/C30H33F2N2O2/c1-6-30-23-10-12-34(15-24(23)30,14-22-26(31)17(3)16(2)18(4)27(22)32)29(30)28(35)20-9-11-33-25-8-7-19(36-5)13-21(20)25/h6-9,11,13,23-24,28-29,35H,1,10,12,14-15H2,2-5H3/q+1/t23?,24?,28-,29-,30?,34?/m1/s1. The lowest BCUT2D eigenvalue weighted by molar-refractivity contribution is -0.970. The fourth-order valence-electron chi connectivity index (χ4n) is 7.92. The van der Waals surface area contributed by atoms with Crippen molar-refractivity contribution in [2.45, 2.75) is 45.9 Å². The average molecular weight is 492 g/mol. The van der Waals surface area contributed by atoms with Crippen LogP contribution >= 0.6 is 0 Å². The van der Waals surface area contributed by atoms with Gasteiger partial charge < -0.3 is 14.3 Å². The highest BCUT2D eigenvalue weighted by atomic mass is 19.1. The summed E-state index contributed by atoms with van der Waals surface area (Å²) in [6.07, 6.45) is 3.89. The minimum Gasteiger partial charge on any atom is -0.497 e. The first kappa shape index (κ1) is 23.6. The summed E-state index contributed by atoms with van der Waals surface area (Å²) in [4.78, 5) is 4.49. The number of nitrogens with zero attached hydrogens (tertiary/aromatic N) is 2. The molecule has 3 aliphatic heterocycles. The number of fused-ring (bicyclic) bond motifs is 2. The molecule has 188 valence electrons. The molecule has 4 aliphatic rings. The fourth-order valence-corrected chi connectivity index (χ4v) is 7.92. The van der Waals surface area contributed by atoms with Gasteiger partial charge in [-0.1, -0.05) is 6.08 Å². The van der Waals surface area contributed by atoms with Crippen LogP contribution in [-0.4, -0.2) is 40.8 Å². The first-order valence-electron chi connectivity index (χ1n) is 12.7. The van der Waals surface area contributed by atoms with Crippen LogP contribution in [0.5, 0.6) is 5.75 Å². The van der Waals surface area contributed by atoms with Crippen molar-refractivity contribution in [3.8, 4) is 5.75 Å². The maximum absolute atomic E-state index is 15.5. The van der Waals surface area contributed by atoms with Gasteiger partial charge in [-0.3, -0.25) is 4.98 Å². The molecule has 6 atom stereocenters. The molecule has 4 heterocycles. The van der Waals surface area contributed by atoms with Gasteiger partial charge in [0.25, 0.3) is 0 Å². The number of aliphatic hydroxyl groups is 1. The number of piperidine rings is 3. The summed E-state index contributed by atoms with van der Waals surface area (Å²) < 4.78 is 37.0. The number of methoxy groups -OCH3 is 1. The van der Waals surface area contributed by atoms with Crippen LogP contribution in [0.1, 0.15) is 40.3 Å². The van der Waals surface area contributed by atoms with Gasteiger partial charge in [0.1, 0.15) is 36.1 Å². The molecule has 4 bridgehead atoms. The summed E-state index contributed by atoms with van der Waals surface area (Å²) in [6.45, 7) is 11.2. The number of hydrogen-bond donors (Lipinski definition) is 1. The highest BCUT2D eigenvalue weighted by Gasteiger charge is 2.82. The van der Waals surface area contributed by atoms with E-state index in [-0.39, 0.29) is 23.6 Å². The van der Waals surface area contributed by atoms with Crippen molar-refractivity contribution >= 4 is 10.9 Å². The lowest BCUT2D eigenvalue weighted by Gasteiger charge is -2.50. The maximum atomic E-state index is 15.5. The van der Waals surface area contributed by atoms with E-state index >= 15 is 8.78 Å². The van der Waals surface area contributed by atoms with Crippen molar-refractivity contribution in [2.24, 2.45) is 17.3 Å². The van der Waals surface area contributed by atoms with Gasteiger partial charge in [-0.2, -0.15) is 0 Å². The third kappa shape index (κ3) is 2.88. The molecule has 0 spiro atoms. The van der Waals surface area contributed by atoms with Crippen molar-refractivity contribution < 1.29 is 23.1 Å². The minimum absolute atomic E-state index is 0.146. The van der Waals surface area contributed by atoms with E-state index in [1.54, 1.807) is 34.1 Å². The number of benzene rings is 2. The van der Waals surface area contributed by atoms with E-state index in [1.807, 2.05) is 30.3 Å². The zero-order chi connectivity index (χ0) is 25.6. The Hall–Kier alpha value is -2.83. The van der Waals surface area contributed by atoms with E-state index < -0.39 is 17.7 Å². The monoisotopic (exact) mass is 491 g/mol. The third-order valence-corrected chi connectivity index (χ3v) is 9.95. The number of pyridine rings is 1. The van der Waals surface area contributed by atoms with E-state index in [9.17, 15) is 5.11 Å². The highest BCUT2D eigenvalue weighted by Crippen LogP contribution is 2.75. The van der Waals surface area contributed by atoms with Gasteiger partial charge in [-0.05, 0) is 73.2 Å². The number of aliphatic hydroxyl groups excluding tert-OH is 1. The Balaban J connectivity index is 1.50. The molecule has 0 amide bonds. The van der Waals surface area contributed by atoms with Crippen LogP contribution in [0.2, 0.25) is 0 Å². The molecule has 3 saturated heterocycles. The Morgan fingerprint density at radius 3 is 2.56 bits per heavy atom. The second-order valence-electron chi connectivity index (χ2n) is 11.1. The van der Waals surface area contributed by atoms with Crippen molar-refractivity contribution in [1.29, 1.82) is 0 Å². The van der Waals surface area contributed by atoms with Crippen LogP contribution < -0.4 is 4.74 Å². The van der Waals surface area contributed by atoms with Gasteiger partial charge in [-0.15, -0.1) is 6.58 Å². The molecule has 7 rings (SSSR count). The molecule has 1 saturated carbocycles. The summed E-state index contributed by atoms with van der Waals surface area (Å²) in [6, 6.07) is 7.28. The normalized spacial score (nSPS) is 30.9. The fraction of sp³-hybridized carbons (Fsp3) is 0.433. The van der Waals surface area contributed by atoms with Crippen LogP contribution in [0.3, 0.4) is 0 Å². The first-order chi connectivity index (χ1) is 17.2. The number of halogens is 2. The molecule has 36 heavy (non-hydrogen) atoms. The molecule has 4 unspecified atom stereocenters. The van der Waals surface area contributed by atoms with Gasteiger partial charge in [-0.25, -0.2) is 8.78 Å². The van der Waals surface area contributed by atoms with Crippen molar-refractivity contribution in [3.05, 3.63) is 82.6 Å². The highest BCUT2D eigenvalue weighted by molar-refractivity contribution is 5.84. The smallest absolute Gasteiger partial charge is 0.138 e. The number of hydrogen-bond acceptors (Lipinski definition) is 3. The van der Waals surface area contributed by atoms with E-state index in [0.29, 0.717) is 38.8 Å². The molecular weight excluding hydrogens is 458 g/mol. The summed E-state index contributed by atoms with van der Waals surface area (Å²) in [5.74, 6) is 0.633. The number of aromatic nitrogens is 1. The Bertz CT molecular complexity index is 1390. The molecule has 3 aromatic rings. The van der Waals surface area contributed by atoms with E-state index in [4.69, 9.17) is 4.74 Å². The minimum atomic E-state index is -0.838. The first-order valence-corrected chi connectivity index (χ1v) is 12.7. The van der Waals surface area contributed by atoms with Crippen LogP contribution in [0.4, 0.5) is 8.78 Å². The average Bonchev–Trinajstić information content (AvgIpc) is 3.47. The van der Waals surface area contributed by atoms with Crippen LogP contribution in [0.15, 0.2) is 43.1 Å². The summed E-state index contributed by atoms with van der Waals surface area (Å²) in [7, 11) is 1.62. The molecule has 1 aliphatic carbocycles. The molecule has 6 heteroatoms. The zero-order valence-corrected chi connectivity index (χ0v) is 21.3. The lowest BCUT2D eigenvalue weighted by atomic mass is 9.80. The Kier molecular flexibility index (Phi) is 5.13.